The molecule has 0 aromatic carbocycles. The molecule has 0 aliphatic heterocycles. The number of sulfonamides is 1. The van der Waals surface area contributed by atoms with Gasteiger partial charge in [-0.3, -0.25) is 4.72 Å². The average molecular weight is 350 g/mol. The van der Waals surface area contributed by atoms with Crippen molar-refractivity contribution in [3.05, 3.63) is 22.2 Å². The van der Waals surface area contributed by atoms with Crippen LogP contribution in [0, 0.1) is 0 Å². The lowest BCUT2D eigenvalue weighted by molar-refractivity contribution is 0.601. The van der Waals surface area contributed by atoms with Crippen LogP contribution in [0.3, 0.4) is 0 Å². The van der Waals surface area contributed by atoms with Crippen LogP contribution in [-0.2, 0) is 10.0 Å². The largest absolute Gasteiger partial charge is 0.372 e. The molecular weight excluding hydrogens is 342 g/mol. The predicted molar refractivity (Wildman–Crippen MR) is 72.2 cm³/mol. The normalized spacial score (nSPS) is 11.2. The van der Waals surface area contributed by atoms with Gasteiger partial charge in [0.15, 0.2) is 0 Å². The zero-order chi connectivity index (χ0) is 13.2. The molecule has 0 saturated heterocycles. The van der Waals surface area contributed by atoms with E-state index in [1.807, 2.05) is 0 Å². The summed E-state index contributed by atoms with van der Waals surface area (Å²) in [5, 5.41) is 10.1. The monoisotopic (exact) mass is 349 g/mol. The summed E-state index contributed by atoms with van der Waals surface area (Å²) < 4.78 is 27.2. The van der Waals surface area contributed by atoms with Gasteiger partial charge in [-0.05, 0) is 22.0 Å². The summed E-state index contributed by atoms with van der Waals surface area (Å²) in [7, 11) is -2.15. The minimum absolute atomic E-state index is 0.0366. The van der Waals surface area contributed by atoms with Crippen LogP contribution < -0.4 is 10.0 Å². The van der Waals surface area contributed by atoms with E-state index in [0.717, 1.165) is 11.3 Å². The molecule has 0 saturated carbocycles. The Balaban J connectivity index is 2.43. The van der Waals surface area contributed by atoms with E-state index in [-0.39, 0.29) is 15.8 Å². The SMILES string of the molecule is CNc1ncc(Br)cc1S(=O)(=O)Nc1nncs1. The molecule has 0 amide bonds. The maximum atomic E-state index is 12.2. The summed E-state index contributed by atoms with van der Waals surface area (Å²) in [4.78, 5) is 4.02. The van der Waals surface area contributed by atoms with Gasteiger partial charge >= 0.3 is 0 Å². The topological polar surface area (TPSA) is 96.9 Å². The zero-order valence-corrected chi connectivity index (χ0v) is 12.3. The smallest absolute Gasteiger partial charge is 0.267 e. The van der Waals surface area contributed by atoms with Crippen LogP contribution in [0.2, 0.25) is 0 Å². The molecule has 2 aromatic rings. The van der Waals surface area contributed by atoms with Gasteiger partial charge in [0.1, 0.15) is 16.2 Å². The second-order valence-corrected chi connectivity index (χ2v) is 6.50. The molecule has 2 aromatic heterocycles. The highest BCUT2D eigenvalue weighted by Gasteiger charge is 2.21. The van der Waals surface area contributed by atoms with Gasteiger partial charge < -0.3 is 5.32 Å². The van der Waals surface area contributed by atoms with Crippen molar-refractivity contribution in [3.63, 3.8) is 0 Å². The quantitative estimate of drug-likeness (QED) is 0.868. The van der Waals surface area contributed by atoms with Gasteiger partial charge in [0.2, 0.25) is 5.13 Å². The molecule has 2 N–H and O–H groups in total. The number of halogens is 1. The fraction of sp³-hybridized carbons (Fsp3) is 0.125. The van der Waals surface area contributed by atoms with E-state index in [0.29, 0.717) is 4.47 Å². The van der Waals surface area contributed by atoms with Crippen molar-refractivity contribution >= 4 is 48.2 Å². The van der Waals surface area contributed by atoms with E-state index in [4.69, 9.17) is 0 Å². The van der Waals surface area contributed by atoms with Crippen molar-refractivity contribution in [1.82, 2.24) is 15.2 Å². The molecule has 96 valence electrons. The van der Waals surface area contributed by atoms with Gasteiger partial charge in [-0.25, -0.2) is 13.4 Å². The molecule has 2 heterocycles. The molecule has 0 aliphatic carbocycles. The Bertz CT molecular complexity index is 644. The summed E-state index contributed by atoms with van der Waals surface area (Å²) >= 11 is 4.29. The number of hydrogen-bond acceptors (Lipinski definition) is 7. The second-order valence-electron chi connectivity index (χ2n) is 3.10. The third-order valence-corrected chi connectivity index (χ3v) is 4.45. The highest BCUT2D eigenvalue weighted by molar-refractivity contribution is 9.10. The minimum Gasteiger partial charge on any atom is -0.372 e. The Hall–Kier alpha value is -1.26. The fourth-order valence-electron chi connectivity index (χ4n) is 1.20. The predicted octanol–water partition coefficient (Wildman–Crippen LogP) is 1.54. The van der Waals surface area contributed by atoms with Crippen LogP contribution in [0.25, 0.3) is 0 Å². The third-order valence-electron chi connectivity index (χ3n) is 1.93. The molecule has 0 radical (unpaired) electrons. The lowest BCUT2D eigenvalue weighted by atomic mass is 10.4. The molecule has 18 heavy (non-hydrogen) atoms. The maximum absolute atomic E-state index is 12.2. The van der Waals surface area contributed by atoms with E-state index >= 15 is 0 Å². The van der Waals surface area contributed by atoms with Crippen LogP contribution in [0.4, 0.5) is 10.9 Å². The molecule has 2 rings (SSSR count). The van der Waals surface area contributed by atoms with Crippen LogP contribution in [0.5, 0.6) is 0 Å². The fourth-order valence-corrected chi connectivity index (χ4v) is 3.57. The summed E-state index contributed by atoms with van der Waals surface area (Å²) in [6, 6.07) is 1.46. The highest BCUT2D eigenvalue weighted by atomic mass is 79.9. The number of nitrogens with zero attached hydrogens (tertiary/aromatic N) is 3. The van der Waals surface area contributed by atoms with Crippen molar-refractivity contribution in [3.8, 4) is 0 Å². The second kappa shape index (κ2) is 5.16. The lowest BCUT2D eigenvalue weighted by Gasteiger charge is -2.09. The molecule has 0 spiro atoms. The van der Waals surface area contributed by atoms with Gasteiger partial charge in [-0.1, -0.05) is 11.3 Å². The minimum atomic E-state index is -3.75. The van der Waals surface area contributed by atoms with Gasteiger partial charge in [0, 0.05) is 17.7 Å². The Morgan fingerprint density at radius 1 is 1.44 bits per heavy atom. The molecule has 0 unspecified atom stereocenters. The van der Waals surface area contributed by atoms with Crippen LogP contribution in [0.15, 0.2) is 27.1 Å². The molecule has 0 atom stereocenters. The Morgan fingerprint density at radius 3 is 2.83 bits per heavy atom. The molecule has 0 aliphatic rings. The number of aromatic nitrogens is 3. The number of hydrogen-bond donors (Lipinski definition) is 2. The first-order chi connectivity index (χ1) is 8.53. The van der Waals surface area contributed by atoms with Crippen molar-refractivity contribution in [2.75, 3.05) is 17.1 Å². The van der Waals surface area contributed by atoms with Gasteiger partial charge in [0.05, 0.1) is 0 Å². The molecule has 0 bridgehead atoms. The summed E-state index contributed by atoms with van der Waals surface area (Å²) in [6.45, 7) is 0. The number of nitrogens with one attached hydrogen (secondary N) is 2. The summed E-state index contributed by atoms with van der Waals surface area (Å²) in [6.07, 6.45) is 1.51. The average Bonchev–Trinajstić information content (AvgIpc) is 2.81. The van der Waals surface area contributed by atoms with Crippen molar-refractivity contribution in [1.29, 1.82) is 0 Å². The third kappa shape index (κ3) is 2.76. The molecule has 7 nitrogen and oxygen atoms in total. The Kier molecular flexibility index (Phi) is 3.78. The summed E-state index contributed by atoms with van der Waals surface area (Å²) in [5.41, 5.74) is 1.44. The van der Waals surface area contributed by atoms with Gasteiger partial charge in [-0.2, -0.15) is 0 Å². The summed E-state index contributed by atoms with van der Waals surface area (Å²) in [5.74, 6) is 0.259. The Morgan fingerprint density at radius 2 is 2.22 bits per heavy atom. The molecular formula is C8H8BrN5O2S2. The first-order valence-electron chi connectivity index (χ1n) is 4.65. The van der Waals surface area contributed by atoms with E-state index in [2.05, 4.69) is 41.2 Å². The van der Waals surface area contributed by atoms with E-state index in [1.165, 1.54) is 17.8 Å². The highest BCUT2D eigenvalue weighted by Crippen LogP contribution is 2.25. The van der Waals surface area contributed by atoms with Crippen LogP contribution >= 0.6 is 27.3 Å². The van der Waals surface area contributed by atoms with E-state index in [9.17, 15) is 8.42 Å². The van der Waals surface area contributed by atoms with Crippen LogP contribution in [0.1, 0.15) is 0 Å². The van der Waals surface area contributed by atoms with Gasteiger partial charge in [0.25, 0.3) is 10.0 Å². The number of anilines is 2. The molecule has 0 fully saturated rings. The van der Waals surface area contributed by atoms with Crippen molar-refractivity contribution in [2.45, 2.75) is 4.90 Å². The molecule has 10 heteroatoms. The van der Waals surface area contributed by atoms with Crippen molar-refractivity contribution < 1.29 is 8.42 Å². The lowest BCUT2D eigenvalue weighted by Crippen LogP contribution is -2.15. The first kappa shape index (κ1) is 13.2. The first-order valence-corrected chi connectivity index (χ1v) is 7.81. The zero-order valence-electron chi connectivity index (χ0n) is 9.08. The van der Waals surface area contributed by atoms with E-state index < -0.39 is 10.0 Å². The maximum Gasteiger partial charge on any atom is 0.267 e. The number of rotatable bonds is 4. The Labute approximate surface area is 116 Å². The van der Waals surface area contributed by atoms with Crippen molar-refractivity contribution in [2.24, 2.45) is 0 Å². The van der Waals surface area contributed by atoms with Gasteiger partial charge in [-0.15, -0.1) is 10.2 Å². The van der Waals surface area contributed by atoms with E-state index in [1.54, 1.807) is 7.05 Å². The standard InChI is InChI=1S/C8H8BrN5O2S2/c1-10-7-6(2-5(9)3-11-7)18(15,16)14-8-13-12-4-17-8/h2-4H,1H3,(H,10,11)(H,13,14). The van der Waals surface area contributed by atoms with Crippen LogP contribution in [-0.4, -0.2) is 30.6 Å². The number of pyridine rings is 1.